The van der Waals surface area contributed by atoms with Crippen LogP contribution in [0.15, 0.2) is 24.4 Å². The van der Waals surface area contributed by atoms with Crippen LogP contribution in [0.5, 0.6) is 0 Å². The van der Waals surface area contributed by atoms with Gasteiger partial charge >= 0.3 is 6.09 Å². The van der Waals surface area contributed by atoms with Gasteiger partial charge in [0, 0.05) is 30.6 Å². The normalized spacial score (nSPS) is 19.4. The second-order valence-corrected chi connectivity index (χ2v) is 6.58. The number of hydrogen-bond donors (Lipinski definition) is 2. The van der Waals surface area contributed by atoms with Gasteiger partial charge in [-0.15, -0.1) is 0 Å². The van der Waals surface area contributed by atoms with E-state index in [0.717, 1.165) is 23.0 Å². The van der Waals surface area contributed by atoms with E-state index in [2.05, 4.69) is 15.5 Å². The zero-order valence-corrected chi connectivity index (χ0v) is 13.2. The molecule has 1 aliphatic rings. The molecule has 1 aromatic carbocycles. The smallest absolute Gasteiger partial charge is 0.410 e. The average Bonchev–Trinajstić information content (AvgIpc) is 2.93. The molecule has 1 saturated heterocycles. The Labute approximate surface area is 129 Å². The summed E-state index contributed by atoms with van der Waals surface area (Å²) < 4.78 is 5.56. The number of ether oxygens (including phenoxy) is 1. The molecule has 0 saturated carbocycles. The van der Waals surface area contributed by atoms with Crippen molar-refractivity contribution >= 4 is 17.0 Å². The van der Waals surface area contributed by atoms with Gasteiger partial charge in [0.05, 0.1) is 17.8 Å². The molecule has 0 aliphatic carbocycles. The molecule has 1 aromatic heterocycles. The van der Waals surface area contributed by atoms with Crippen molar-refractivity contribution in [1.82, 2.24) is 20.4 Å². The Balaban J connectivity index is 1.93. The number of aromatic nitrogens is 2. The van der Waals surface area contributed by atoms with Crippen molar-refractivity contribution in [1.29, 1.82) is 0 Å². The summed E-state index contributed by atoms with van der Waals surface area (Å²) in [6, 6.07) is 5.98. The van der Waals surface area contributed by atoms with Crippen molar-refractivity contribution < 1.29 is 9.53 Å². The number of benzene rings is 1. The van der Waals surface area contributed by atoms with Crippen LogP contribution in [0.4, 0.5) is 4.79 Å². The number of para-hydroxylation sites is 1. The third-order valence-electron chi connectivity index (χ3n) is 3.74. The Hall–Kier alpha value is -2.08. The summed E-state index contributed by atoms with van der Waals surface area (Å²) in [5, 5.41) is 11.5. The monoisotopic (exact) mass is 302 g/mol. The van der Waals surface area contributed by atoms with Crippen LogP contribution in [0.2, 0.25) is 0 Å². The SMILES string of the molecule is CC(C)(C)OC(=O)N1CCNCC1c1cccc2cn[nH]c12. The number of aromatic amines is 1. The maximum atomic E-state index is 12.5. The van der Waals surface area contributed by atoms with E-state index in [1.165, 1.54) is 0 Å². The van der Waals surface area contributed by atoms with Crippen LogP contribution in [-0.4, -0.2) is 46.4 Å². The van der Waals surface area contributed by atoms with E-state index < -0.39 is 5.60 Å². The van der Waals surface area contributed by atoms with Gasteiger partial charge in [-0.05, 0) is 20.8 Å². The van der Waals surface area contributed by atoms with Crippen molar-refractivity contribution in [2.45, 2.75) is 32.4 Å². The lowest BCUT2D eigenvalue weighted by atomic mass is 10.0. The maximum Gasteiger partial charge on any atom is 0.410 e. The van der Waals surface area contributed by atoms with Gasteiger partial charge in [0.2, 0.25) is 0 Å². The van der Waals surface area contributed by atoms with Gasteiger partial charge in [-0.25, -0.2) is 4.79 Å². The van der Waals surface area contributed by atoms with E-state index in [0.29, 0.717) is 13.1 Å². The highest BCUT2D eigenvalue weighted by Gasteiger charge is 2.32. The lowest BCUT2D eigenvalue weighted by Crippen LogP contribution is -2.50. The molecule has 0 spiro atoms. The fourth-order valence-corrected chi connectivity index (χ4v) is 2.79. The van der Waals surface area contributed by atoms with Crippen LogP contribution in [-0.2, 0) is 4.74 Å². The molecule has 3 rings (SSSR count). The lowest BCUT2D eigenvalue weighted by Gasteiger charge is -2.37. The van der Waals surface area contributed by atoms with E-state index in [1.54, 1.807) is 11.1 Å². The molecular formula is C16H22N4O2. The molecule has 6 nitrogen and oxygen atoms in total. The number of H-pyrrole nitrogens is 1. The third kappa shape index (κ3) is 2.92. The van der Waals surface area contributed by atoms with Crippen molar-refractivity contribution in [3.8, 4) is 0 Å². The molecule has 2 heterocycles. The van der Waals surface area contributed by atoms with E-state index in [-0.39, 0.29) is 12.1 Å². The van der Waals surface area contributed by atoms with E-state index in [1.807, 2.05) is 39.0 Å². The first kappa shape index (κ1) is 14.8. The fraction of sp³-hybridized carbons (Fsp3) is 0.500. The number of carbonyl (C=O) groups is 1. The molecule has 1 aliphatic heterocycles. The van der Waals surface area contributed by atoms with Crippen molar-refractivity contribution in [3.63, 3.8) is 0 Å². The van der Waals surface area contributed by atoms with E-state index in [9.17, 15) is 4.79 Å². The molecule has 1 fully saturated rings. The summed E-state index contributed by atoms with van der Waals surface area (Å²) in [5.74, 6) is 0. The summed E-state index contributed by atoms with van der Waals surface area (Å²) in [6.45, 7) is 7.77. The minimum atomic E-state index is -0.494. The first-order valence-corrected chi connectivity index (χ1v) is 7.58. The highest BCUT2D eigenvalue weighted by molar-refractivity contribution is 5.82. The summed E-state index contributed by atoms with van der Waals surface area (Å²) in [4.78, 5) is 14.3. The highest BCUT2D eigenvalue weighted by atomic mass is 16.6. The number of hydrogen-bond acceptors (Lipinski definition) is 4. The highest BCUT2D eigenvalue weighted by Crippen LogP contribution is 2.29. The minimum Gasteiger partial charge on any atom is -0.444 e. The largest absolute Gasteiger partial charge is 0.444 e. The van der Waals surface area contributed by atoms with Crippen molar-refractivity contribution in [3.05, 3.63) is 30.0 Å². The molecule has 1 atom stereocenters. The van der Waals surface area contributed by atoms with Crippen molar-refractivity contribution in [2.75, 3.05) is 19.6 Å². The second-order valence-electron chi connectivity index (χ2n) is 6.58. The Morgan fingerprint density at radius 1 is 1.41 bits per heavy atom. The lowest BCUT2D eigenvalue weighted by molar-refractivity contribution is 0.0119. The Bertz CT molecular complexity index is 674. The quantitative estimate of drug-likeness (QED) is 0.849. The number of carbonyl (C=O) groups excluding carboxylic acids is 1. The summed E-state index contributed by atoms with van der Waals surface area (Å²) in [7, 11) is 0. The Kier molecular flexibility index (Phi) is 3.78. The second kappa shape index (κ2) is 5.61. The fourth-order valence-electron chi connectivity index (χ4n) is 2.79. The van der Waals surface area contributed by atoms with Crippen LogP contribution in [0.1, 0.15) is 32.4 Å². The number of fused-ring (bicyclic) bond motifs is 1. The molecule has 2 aromatic rings. The van der Waals surface area contributed by atoms with Gasteiger partial charge < -0.3 is 10.1 Å². The van der Waals surface area contributed by atoms with E-state index in [4.69, 9.17) is 4.74 Å². The molecule has 2 N–H and O–H groups in total. The molecule has 118 valence electrons. The number of piperazine rings is 1. The standard InChI is InChI=1S/C16H22N4O2/c1-16(2,3)22-15(21)20-8-7-17-10-13(20)12-6-4-5-11-9-18-19-14(11)12/h4-6,9,13,17H,7-8,10H2,1-3H3,(H,18,19). The summed E-state index contributed by atoms with van der Waals surface area (Å²) in [6.07, 6.45) is 1.53. The van der Waals surface area contributed by atoms with Crippen LogP contribution in [0.25, 0.3) is 10.9 Å². The van der Waals surface area contributed by atoms with Gasteiger partial charge in [-0.2, -0.15) is 5.10 Å². The number of amides is 1. The zero-order chi connectivity index (χ0) is 15.7. The van der Waals surface area contributed by atoms with Gasteiger partial charge in [0.25, 0.3) is 0 Å². The molecule has 1 unspecified atom stereocenters. The van der Waals surface area contributed by atoms with Gasteiger partial charge in [0.15, 0.2) is 0 Å². The zero-order valence-electron chi connectivity index (χ0n) is 13.2. The summed E-state index contributed by atoms with van der Waals surface area (Å²) in [5.41, 5.74) is 1.55. The van der Waals surface area contributed by atoms with Crippen molar-refractivity contribution in [2.24, 2.45) is 0 Å². The van der Waals surface area contributed by atoms with Gasteiger partial charge in [-0.3, -0.25) is 10.00 Å². The first-order chi connectivity index (χ1) is 10.5. The maximum absolute atomic E-state index is 12.5. The van der Waals surface area contributed by atoms with E-state index >= 15 is 0 Å². The predicted octanol–water partition coefficient (Wildman–Crippen LogP) is 2.44. The topological polar surface area (TPSA) is 70.2 Å². The first-order valence-electron chi connectivity index (χ1n) is 7.58. The summed E-state index contributed by atoms with van der Waals surface area (Å²) >= 11 is 0. The molecule has 22 heavy (non-hydrogen) atoms. The van der Waals surface area contributed by atoms with Crippen LogP contribution in [0.3, 0.4) is 0 Å². The molecule has 6 heteroatoms. The Morgan fingerprint density at radius 3 is 3.00 bits per heavy atom. The third-order valence-corrected chi connectivity index (χ3v) is 3.74. The minimum absolute atomic E-state index is 0.0623. The molecule has 1 amide bonds. The van der Waals surface area contributed by atoms with Crippen LogP contribution >= 0.6 is 0 Å². The van der Waals surface area contributed by atoms with Crippen LogP contribution in [0, 0.1) is 0 Å². The van der Waals surface area contributed by atoms with Gasteiger partial charge in [0.1, 0.15) is 5.60 Å². The average molecular weight is 302 g/mol. The Morgan fingerprint density at radius 2 is 2.23 bits per heavy atom. The predicted molar refractivity (Wildman–Crippen MR) is 84.6 cm³/mol. The molecule has 0 radical (unpaired) electrons. The number of nitrogens with zero attached hydrogens (tertiary/aromatic N) is 2. The molecule has 0 bridgehead atoms. The molecular weight excluding hydrogens is 280 g/mol. The number of rotatable bonds is 1. The number of nitrogens with one attached hydrogen (secondary N) is 2. The van der Waals surface area contributed by atoms with Crippen LogP contribution < -0.4 is 5.32 Å². The van der Waals surface area contributed by atoms with Gasteiger partial charge in [-0.1, -0.05) is 18.2 Å².